The average molecular weight is 494 g/mol. The maximum absolute atomic E-state index is 12.8. The average Bonchev–Trinajstić information content (AvgIpc) is 3.22. The van der Waals surface area contributed by atoms with Gasteiger partial charge in [-0.1, -0.05) is 16.9 Å². The molecule has 1 fully saturated rings. The summed E-state index contributed by atoms with van der Waals surface area (Å²) in [6, 6.07) is 0.706. The summed E-state index contributed by atoms with van der Waals surface area (Å²) in [5.74, 6) is -1.96. The molecule has 4 rings (SSSR count). The zero-order valence-corrected chi connectivity index (χ0v) is 18.5. The van der Waals surface area contributed by atoms with Gasteiger partial charge in [0.2, 0.25) is 0 Å². The van der Waals surface area contributed by atoms with Crippen LogP contribution < -0.4 is 11.1 Å². The number of fused-ring (bicyclic) bond motifs is 1. The van der Waals surface area contributed by atoms with Crippen molar-refractivity contribution in [3.8, 4) is 0 Å². The molecule has 0 aromatic carbocycles. The van der Waals surface area contributed by atoms with E-state index in [0.29, 0.717) is 22.2 Å². The van der Waals surface area contributed by atoms with Crippen molar-refractivity contribution in [1.82, 2.24) is 25.2 Å². The van der Waals surface area contributed by atoms with Crippen LogP contribution in [0.25, 0.3) is 0 Å². The van der Waals surface area contributed by atoms with Crippen LogP contribution in [-0.2, 0) is 14.4 Å². The van der Waals surface area contributed by atoms with Crippen molar-refractivity contribution in [1.29, 1.82) is 0 Å². The fourth-order valence-corrected chi connectivity index (χ4v) is 5.96. The molecule has 1 saturated heterocycles. The van der Waals surface area contributed by atoms with E-state index in [9.17, 15) is 24.7 Å². The number of β-lactam (4-membered cyclic amide) rings is 1. The van der Waals surface area contributed by atoms with E-state index in [1.54, 1.807) is 18.5 Å². The molecule has 0 spiro atoms. The fourth-order valence-electron chi connectivity index (χ4n) is 3.12. The Labute approximate surface area is 193 Å². The SMILES string of the molecule is Nc1nc(C(=NO)C(=O)N[C@@H]2C(=O)N3C(C(=O)O)=C(CSc4ncccn4)CS[C@@H]23)cs1. The highest BCUT2D eigenvalue weighted by Gasteiger charge is 2.54. The van der Waals surface area contributed by atoms with Crippen molar-refractivity contribution in [3.63, 3.8) is 0 Å². The van der Waals surface area contributed by atoms with Gasteiger partial charge in [0.05, 0.1) is 0 Å². The van der Waals surface area contributed by atoms with Crippen molar-refractivity contribution >= 4 is 63.5 Å². The number of carboxylic acids is 1. The fraction of sp³-hybridized carbons (Fsp3) is 0.235. The molecule has 0 unspecified atom stereocenters. The number of nitrogen functional groups attached to an aromatic ring is 1. The number of amides is 2. The molecule has 2 amide bonds. The highest BCUT2D eigenvalue weighted by Crippen LogP contribution is 2.41. The number of carbonyl (C=O) groups is 3. The van der Waals surface area contributed by atoms with Crippen molar-refractivity contribution in [2.75, 3.05) is 17.2 Å². The molecule has 32 heavy (non-hydrogen) atoms. The molecule has 2 aromatic heterocycles. The molecule has 4 heterocycles. The number of hydrogen-bond donors (Lipinski definition) is 4. The zero-order chi connectivity index (χ0) is 22.8. The summed E-state index contributed by atoms with van der Waals surface area (Å²) >= 11 is 3.66. The smallest absolute Gasteiger partial charge is 0.352 e. The first-order valence-electron chi connectivity index (χ1n) is 8.94. The maximum Gasteiger partial charge on any atom is 0.352 e. The van der Waals surface area contributed by atoms with Gasteiger partial charge in [-0.15, -0.1) is 23.1 Å². The number of thioether (sulfide) groups is 2. The van der Waals surface area contributed by atoms with E-state index in [2.05, 4.69) is 25.4 Å². The normalized spacial score (nSPS) is 20.6. The van der Waals surface area contributed by atoms with E-state index in [1.165, 1.54) is 33.8 Å². The minimum atomic E-state index is -1.23. The first-order chi connectivity index (χ1) is 15.4. The summed E-state index contributed by atoms with van der Waals surface area (Å²) in [4.78, 5) is 50.5. The van der Waals surface area contributed by atoms with Crippen molar-refractivity contribution in [3.05, 3.63) is 40.8 Å². The number of aromatic nitrogens is 3. The van der Waals surface area contributed by atoms with Gasteiger partial charge in [0.1, 0.15) is 22.8 Å². The molecule has 12 nitrogen and oxygen atoms in total. The minimum absolute atomic E-state index is 0.0704. The van der Waals surface area contributed by atoms with Crippen LogP contribution in [0.2, 0.25) is 0 Å². The third kappa shape index (κ3) is 4.13. The second kappa shape index (κ2) is 9.13. The van der Waals surface area contributed by atoms with Gasteiger partial charge in [0.25, 0.3) is 11.8 Å². The number of anilines is 1. The van der Waals surface area contributed by atoms with E-state index in [4.69, 9.17) is 5.73 Å². The Bertz CT molecular complexity index is 1140. The molecule has 2 atom stereocenters. The first-order valence-corrected chi connectivity index (χ1v) is 11.9. The Morgan fingerprint density at radius 2 is 2.12 bits per heavy atom. The lowest BCUT2D eigenvalue weighted by molar-refractivity contribution is -0.150. The first kappa shape index (κ1) is 22.0. The lowest BCUT2D eigenvalue weighted by atomic mass is 10.0. The Balaban J connectivity index is 1.48. The predicted octanol–water partition coefficient (Wildman–Crippen LogP) is 0.225. The van der Waals surface area contributed by atoms with Gasteiger partial charge in [-0.25, -0.2) is 19.7 Å². The van der Waals surface area contributed by atoms with Gasteiger partial charge in [-0.05, 0) is 11.6 Å². The van der Waals surface area contributed by atoms with Gasteiger partial charge in [-0.2, -0.15) is 0 Å². The van der Waals surface area contributed by atoms with Gasteiger partial charge < -0.3 is 21.4 Å². The molecule has 2 aromatic rings. The van der Waals surface area contributed by atoms with Crippen molar-refractivity contribution in [2.24, 2.45) is 5.16 Å². The Morgan fingerprint density at radius 3 is 2.75 bits per heavy atom. The summed E-state index contributed by atoms with van der Waals surface area (Å²) in [6.07, 6.45) is 3.17. The summed E-state index contributed by atoms with van der Waals surface area (Å²) in [5, 5.41) is 25.9. The number of carboxylic acid groups (broad SMARTS) is 1. The number of aliphatic carboxylic acids is 1. The molecule has 2 aliphatic heterocycles. The van der Waals surface area contributed by atoms with E-state index >= 15 is 0 Å². The topological polar surface area (TPSA) is 184 Å². The zero-order valence-electron chi connectivity index (χ0n) is 16.0. The molecule has 0 aliphatic carbocycles. The number of oxime groups is 1. The summed E-state index contributed by atoms with van der Waals surface area (Å²) in [6.45, 7) is 0. The second-order valence-corrected chi connectivity index (χ2v) is 9.40. The molecule has 15 heteroatoms. The number of nitrogens with zero attached hydrogens (tertiary/aromatic N) is 5. The van der Waals surface area contributed by atoms with E-state index in [1.807, 2.05) is 0 Å². The van der Waals surface area contributed by atoms with Crippen LogP contribution in [0, 0.1) is 0 Å². The minimum Gasteiger partial charge on any atom is -0.477 e. The van der Waals surface area contributed by atoms with Crippen molar-refractivity contribution < 1.29 is 24.7 Å². The monoisotopic (exact) mass is 493 g/mol. The molecule has 0 radical (unpaired) electrons. The second-order valence-electron chi connectivity index (χ2n) is 6.46. The van der Waals surface area contributed by atoms with Crippen LogP contribution >= 0.6 is 34.9 Å². The summed E-state index contributed by atoms with van der Waals surface area (Å²) in [5.41, 5.74) is 5.68. The van der Waals surface area contributed by atoms with Gasteiger partial charge >= 0.3 is 5.97 Å². The summed E-state index contributed by atoms with van der Waals surface area (Å²) < 4.78 is 0. The molecule has 166 valence electrons. The Kier molecular flexibility index (Phi) is 6.29. The molecule has 5 N–H and O–H groups in total. The van der Waals surface area contributed by atoms with Gasteiger partial charge in [0, 0.05) is 29.3 Å². The number of nitrogens with one attached hydrogen (secondary N) is 1. The molecule has 0 bridgehead atoms. The van der Waals surface area contributed by atoms with Gasteiger partial charge in [-0.3, -0.25) is 14.5 Å². The molecular weight excluding hydrogens is 478 g/mol. The lowest BCUT2D eigenvalue weighted by Gasteiger charge is -2.49. The number of hydrogen-bond acceptors (Lipinski definition) is 12. The quantitative estimate of drug-likeness (QED) is 0.103. The Hall–Kier alpha value is -3.17. The molecule has 2 aliphatic rings. The van der Waals surface area contributed by atoms with E-state index in [0.717, 1.165) is 11.3 Å². The number of thiazole rings is 1. The number of carbonyl (C=O) groups excluding carboxylic acids is 2. The van der Waals surface area contributed by atoms with Crippen LogP contribution in [0.5, 0.6) is 0 Å². The van der Waals surface area contributed by atoms with Crippen LogP contribution in [0.4, 0.5) is 5.13 Å². The third-order valence-electron chi connectivity index (χ3n) is 4.53. The number of rotatable bonds is 7. The highest BCUT2D eigenvalue weighted by atomic mass is 32.2. The van der Waals surface area contributed by atoms with Crippen LogP contribution in [0.15, 0.2) is 45.4 Å². The van der Waals surface area contributed by atoms with Crippen LogP contribution in [0.1, 0.15) is 5.69 Å². The molecular formula is C17H15N7O5S3. The van der Waals surface area contributed by atoms with E-state index in [-0.39, 0.29) is 22.2 Å². The van der Waals surface area contributed by atoms with Crippen molar-refractivity contribution in [2.45, 2.75) is 16.6 Å². The predicted molar refractivity (Wildman–Crippen MR) is 117 cm³/mol. The van der Waals surface area contributed by atoms with E-state index < -0.39 is 29.2 Å². The molecule has 0 saturated carbocycles. The largest absolute Gasteiger partial charge is 0.477 e. The van der Waals surface area contributed by atoms with Crippen LogP contribution in [-0.4, -0.2) is 76.6 Å². The third-order valence-corrected chi connectivity index (χ3v) is 7.51. The lowest BCUT2D eigenvalue weighted by Crippen LogP contribution is -2.71. The maximum atomic E-state index is 12.8. The van der Waals surface area contributed by atoms with Crippen LogP contribution in [0.3, 0.4) is 0 Å². The highest BCUT2D eigenvalue weighted by molar-refractivity contribution is 8.01. The number of nitrogens with two attached hydrogens (primary N) is 1. The standard InChI is InChI=1S/C17H15N7O5S3/c18-16-21-8(6-31-16)9(23-29)12(25)22-10-13(26)24-11(15(27)28)7(4-30-14(10)24)5-32-17-19-2-1-3-20-17/h1-3,6,10,14,29H,4-5H2,(H2,18,21)(H,22,25)(H,27,28)/t10-,14+/m1/s1. The summed E-state index contributed by atoms with van der Waals surface area (Å²) in [7, 11) is 0. The Morgan fingerprint density at radius 1 is 1.38 bits per heavy atom. The van der Waals surface area contributed by atoms with Gasteiger partial charge in [0.15, 0.2) is 16.0 Å².